The van der Waals surface area contributed by atoms with E-state index in [2.05, 4.69) is 19.3 Å². The molecular formula is C41H71NO14. The number of rotatable bonds is 32. The number of esters is 5. The van der Waals surface area contributed by atoms with Crippen molar-refractivity contribution in [3.05, 3.63) is 0 Å². The van der Waals surface area contributed by atoms with Crippen LogP contribution >= 0.6 is 0 Å². The third-order valence-electron chi connectivity index (χ3n) is 9.16. The smallest absolute Gasteiger partial charge is 0.305 e. The second kappa shape index (κ2) is 31.7. The summed E-state index contributed by atoms with van der Waals surface area (Å²) in [6.45, 7) is 7.78. The molecule has 1 heterocycles. The highest BCUT2D eigenvalue weighted by Gasteiger charge is 2.53. The van der Waals surface area contributed by atoms with Crippen LogP contribution in [0.3, 0.4) is 0 Å². The Bertz CT molecular complexity index is 1130. The lowest BCUT2D eigenvalue weighted by Gasteiger charge is -2.44. The summed E-state index contributed by atoms with van der Waals surface area (Å²) in [5.74, 6) is -3.79. The Morgan fingerprint density at radius 2 is 1.00 bits per heavy atom. The molecule has 0 aromatic heterocycles. The van der Waals surface area contributed by atoms with Crippen LogP contribution in [0.1, 0.15) is 170 Å². The number of carbonyl (C=O) groups is 6. The Labute approximate surface area is 334 Å². The van der Waals surface area contributed by atoms with Gasteiger partial charge in [-0.2, -0.15) is 0 Å². The molecular weight excluding hydrogens is 730 g/mol. The predicted molar refractivity (Wildman–Crippen MR) is 206 cm³/mol. The first-order valence-corrected chi connectivity index (χ1v) is 20.9. The van der Waals surface area contributed by atoms with E-state index in [0.717, 1.165) is 65.7 Å². The maximum atomic E-state index is 12.7. The number of unbranched alkanes of at least 4 members (excludes halogenated alkanes) is 16. The van der Waals surface area contributed by atoms with Crippen LogP contribution in [0.5, 0.6) is 0 Å². The van der Waals surface area contributed by atoms with Gasteiger partial charge in [-0.25, -0.2) is 5.48 Å². The van der Waals surface area contributed by atoms with Crippen molar-refractivity contribution in [2.24, 2.45) is 0 Å². The normalized spacial score (nSPS) is 19.7. The van der Waals surface area contributed by atoms with Crippen molar-refractivity contribution in [2.45, 2.75) is 207 Å². The van der Waals surface area contributed by atoms with Crippen LogP contribution in [0.2, 0.25) is 0 Å². The molecule has 15 heteroatoms. The van der Waals surface area contributed by atoms with Gasteiger partial charge in [0.25, 0.3) is 0 Å². The quantitative estimate of drug-likeness (QED) is 0.0321. The summed E-state index contributed by atoms with van der Waals surface area (Å²) in [4.78, 5) is 79.0. The van der Waals surface area contributed by atoms with E-state index in [0.29, 0.717) is 12.8 Å². The van der Waals surface area contributed by atoms with Gasteiger partial charge in [0.1, 0.15) is 25.4 Å². The summed E-state index contributed by atoms with van der Waals surface area (Å²) in [7, 11) is 0. The van der Waals surface area contributed by atoms with Crippen LogP contribution in [-0.2, 0) is 66.8 Å². The van der Waals surface area contributed by atoms with E-state index >= 15 is 0 Å². The van der Waals surface area contributed by atoms with Gasteiger partial charge in [0, 0.05) is 40.5 Å². The SMILES string of the molecule is CCCCCCCCCCCCCCCC(=O)OCC(CO[C@@H]1O[C@H](COC(C)=O)[C@@H](OC(C)=O)[C@H](OC(C)=O)[C@H]1OC(C)=O)ONC(=O)CCCCCCC. The lowest BCUT2D eigenvalue weighted by Crippen LogP contribution is -2.63. The highest BCUT2D eigenvalue weighted by Crippen LogP contribution is 2.30. The number of carbonyl (C=O) groups excluding carboxylic acids is 6. The van der Waals surface area contributed by atoms with Crippen LogP contribution in [0.15, 0.2) is 0 Å². The number of hydrogen-bond acceptors (Lipinski definition) is 14. The van der Waals surface area contributed by atoms with Gasteiger partial charge in [0.2, 0.25) is 5.91 Å². The Morgan fingerprint density at radius 3 is 1.50 bits per heavy atom. The summed E-state index contributed by atoms with van der Waals surface area (Å²) in [6, 6.07) is 0. The van der Waals surface area contributed by atoms with Crippen LogP contribution < -0.4 is 5.48 Å². The number of ether oxygens (including phenoxy) is 7. The van der Waals surface area contributed by atoms with Crippen molar-refractivity contribution in [2.75, 3.05) is 19.8 Å². The van der Waals surface area contributed by atoms with Gasteiger partial charge < -0.3 is 33.2 Å². The summed E-state index contributed by atoms with van der Waals surface area (Å²) in [5.41, 5.74) is 2.41. The minimum absolute atomic E-state index is 0.217. The fourth-order valence-corrected chi connectivity index (χ4v) is 6.28. The first kappa shape index (κ1) is 50.7. The fraction of sp³-hybridized carbons (Fsp3) is 0.854. The molecule has 1 aliphatic heterocycles. The third kappa shape index (κ3) is 25.1. The monoisotopic (exact) mass is 801 g/mol. The van der Waals surface area contributed by atoms with Crippen LogP contribution in [0.25, 0.3) is 0 Å². The van der Waals surface area contributed by atoms with Crippen LogP contribution in [0.4, 0.5) is 0 Å². The zero-order chi connectivity index (χ0) is 41.6. The molecule has 0 aromatic rings. The molecule has 6 atom stereocenters. The molecule has 1 saturated heterocycles. The summed E-state index contributed by atoms with van der Waals surface area (Å²) >= 11 is 0. The van der Waals surface area contributed by atoms with Crippen molar-refractivity contribution < 1.29 is 66.8 Å². The Hall–Kier alpha value is -3.30. The summed E-state index contributed by atoms with van der Waals surface area (Å²) in [5, 5.41) is 0. The van der Waals surface area contributed by atoms with E-state index in [1.54, 1.807) is 0 Å². The fourth-order valence-electron chi connectivity index (χ4n) is 6.28. The maximum absolute atomic E-state index is 12.7. The summed E-state index contributed by atoms with van der Waals surface area (Å²) < 4.78 is 38.9. The van der Waals surface area contributed by atoms with Crippen LogP contribution in [-0.4, -0.2) is 92.4 Å². The Kier molecular flexibility index (Phi) is 28.8. The van der Waals surface area contributed by atoms with Crippen molar-refractivity contribution in [3.63, 3.8) is 0 Å². The number of hydroxylamine groups is 1. The molecule has 1 N–H and O–H groups in total. The topological polar surface area (TPSA) is 188 Å². The largest absolute Gasteiger partial charge is 0.463 e. The molecule has 1 unspecified atom stereocenters. The van der Waals surface area contributed by atoms with E-state index in [1.807, 2.05) is 0 Å². The molecule has 0 radical (unpaired) electrons. The van der Waals surface area contributed by atoms with Crippen LogP contribution in [0, 0.1) is 0 Å². The van der Waals surface area contributed by atoms with E-state index in [-0.39, 0.29) is 32.0 Å². The zero-order valence-corrected chi connectivity index (χ0v) is 34.9. The van der Waals surface area contributed by atoms with Crippen molar-refractivity contribution in [1.82, 2.24) is 5.48 Å². The van der Waals surface area contributed by atoms with E-state index in [9.17, 15) is 28.8 Å². The lowest BCUT2D eigenvalue weighted by atomic mass is 9.98. The number of hydrogen-bond donors (Lipinski definition) is 1. The van der Waals surface area contributed by atoms with Crippen molar-refractivity contribution in [1.29, 1.82) is 0 Å². The molecule has 0 bridgehead atoms. The van der Waals surface area contributed by atoms with E-state index in [1.165, 1.54) is 64.7 Å². The number of nitrogens with one attached hydrogen (secondary N) is 1. The van der Waals surface area contributed by atoms with Gasteiger partial charge in [-0.3, -0.25) is 33.6 Å². The molecule has 324 valence electrons. The Morgan fingerprint density at radius 1 is 0.536 bits per heavy atom. The number of amides is 1. The standard InChI is InChI=1S/C41H71NO14/c1-7-9-11-13-14-15-16-17-18-19-20-22-24-26-37(48)50-27-34(56-42-36(47)25-23-21-12-10-8-2)28-51-41-40(54-33(6)46)39(53-32(5)45)38(52-31(4)44)35(55-41)29-49-30(3)43/h34-35,38-41H,7-29H2,1-6H3,(H,42,47)/t34?,35-,38-,39+,40-,41-/m1/s1. The molecule has 1 amide bonds. The van der Waals surface area contributed by atoms with Gasteiger partial charge in [0.05, 0.1) is 6.61 Å². The third-order valence-corrected chi connectivity index (χ3v) is 9.16. The molecule has 0 aromatic carbocycles. The minimum Gasteiger partial charge on any atom is -0.463 e. The molecule has 0 aliphatic carbocycles. The second-order valence-electron chi connectivity index (χ2n) is 14.5. The first-order valence-electron chi connectivity index (χ1n) is 20.9. The molecule has 0 saturated carbocycles. The van der Waals surface area contributed by atoms with Gasteiger partial charge in [-0.05, 0) is 12.8 Å². The van der Waals surface area contributed by atoms with Gasteiger partial charge in [-0.15, -0.1) is 0 Å². The first-order chi connectivity index (χ1) is 26.9. The zero-order valence-electron chi connectivity index (χ0n) is 34.9. The van der Waals surface area contributed by atoms with E-state index in [4.69, 9.17) is 38.0 Å². The van der Waals surface area contributed by atoms with Crippen molar-refractivity contribution >= 4 is 35.8 Å². The van der Waals surface area contributed by atoms with Gasteiger partial charge in [-0.1, -0.05) is 117 Å². The molecule has 1 aliphatic rings. The highest BCUT2D eigenvalue weighted by molar-refractivity contribution is 5.74. The highest BCUT2D eigenvalue weighted by atomic mass is 16.7. The molecule has 56 heavy (non-hydrogen) atoms. The molecule has 1 fully saturated rings. The van der Waals surface area contributed by atoms with Gasteiger partial charge in [0.15, 0.2) is 24.6 Å². The van der Waals surface area contributed by atoms with Gasteiger partial charge >= 0.3 is 29.8 Å². The average Bonchev–Trinajstić information content (AvgIpc) is 3.13. The average molecular weight is 802 g/mol. The molecule has 1 rings (SSSR count). The van der Waals surface area contributed by atoms with E-state index < -0.39 is 73.3 Å². The predicted octanol–water partition coefficient (Wildman–Crippen LogP) is 6.89. The lowest BCUT2D eigenvalue weighted by molar-refractivity contribution is -0.312. The Balaban J connectivity index is 2.89. The summed E-state index contributed by atoms with van der Waals surface area (Å²) in [6.07, 6.45) is 12.6. The minimum atomic E-state index is -1.47. The second-order valence-corrected chi connectivity index (χ2v) is 14.5. The maximum Gasteiger partial charge on any atom is 0.305 e. The molecule has 15 nitrogen and oxygen atoms in total. The van der Waals surface area contributed by atoms with Crippen molar-refractivity contribution in [3.8, 4) is 0 Å². The molecule has 0 spiro atoms.